The standard InChI is InChI=1S/C21H23ClN4O5/c1-30-11-3-10-23-20(28)21(29)26-24-13-15-6-8-18(9-7-15)31-14-19(27)25-17-5-2-4-16(22)12-17/h2,4-9,12-13H,3,10-11,14H2,1H3,(H,23,28)(H,25,27)(H,26,29)/b24-13-. The van der Waals surface area contributed by atoms with Gasteiger partial charge in [-0.1, -0.05) is 17.7 Å². The fourth-order valence-electron chi connectivity index (χ4n) is 2.28. The van der Waals surface area contributed by atoms with Gasteiger partial charge in [-0.15, -0.1) is 0 Å². The first-order valence-corrected chi connectivity index (χ1v) is 9.74. The number of benzene rings is 2. The van der Waals surface area contributed by atoms with Gasteiger partial charge < -0.3 is 20.1 Å². The molecule has 31 heavy (non-hydrogen) atoms. The number of ether oxygens (including phenoxy) is 2. The van der Waals surface area contributed by atoms with E-state index in [1.54, 1.807) is 55.6 Å². The number of hydrogen-bond acceptors (Lipinski definition) is 6. The first-order valence-electron chi connectivity index (χ1n) is 9.36. The van der Waals surface area contributed by atoms with Crippen molar-refractivity contribution in [3.8, 4) is 5.75 Å². The molecular formula is C21H23ClN4O5. The fraction of sp³-hybridized carbons (Fsp3) is 0.238. The number of nitrogens with zero attached hydrogens (tertiary/aromatic N) is 1. The molecule has 0 radical (unpaired) electrons. The van der Waals surface area contributed by atoms with Gasteiger partial charge in [-0.25, -0.2) is 5.43 Å². The molecule has 9 nitrogen and oxygen atoms in total. The summed E-state index contributed by atoms with van der Waals surface area (Å²) in [6.07, 6.45) is 1.99. The predicted molar refractivity (Wildman–Crippen MR) is 117 cm³/mol. The highest BCUT2D eigenvalue weighted by atomic mass is 35.5. The van der Waals surface area contributed by atoms with E-state index in [1.807, 2.05) is 0 Å². The zero-order valence-corrected chi connectivity index (χ0v) is 17.6. The van der Waals surface area contributed by atoms with Crippen molar-refractivity contribution in [3.05, 3.63) is 59.1 Å². The Kier molecular flexibility index (Phi) is 9.99. The highest BCUT2D eigenvalue weighted by Gasteiger charge is 2.11. The number of rotatable bonds is 10. The summed E-state index contributed by atoms with van der Waals surface area (Å²) in [7, 11) is 1.56. The van der Waals surface area contributed by atoms with Gasteiger partial charge >= 0.3 is 11.8 Å². The third-order valence-corrected chi connectivity index (χ3v) is 3.99. The molecule has 0 aliphatic heterocycles. The number of halogens is 1. The molecule has 0 saturated carbocycles. The van der Waals surface area contributed by atoms with Gasteiger partial charge in [0.05, 0.1) is 6.21 Å². The Morgan fingerprint density at radius 2 is 1.87 bits per heavy atom. The van der Waals surface area contributed by atoms with Crippen molar-refractivity contribution >= 4 is 41.2 Å². The summed E-state index contributed by atoms with van der Waals surface area (Å²) < 4.78 is 10.3. The molecule has 2 rings (SSSR count). The van der Waals surface area contributed by atoms with Gasteiger partial charge in [0.15, 0.2) is 6.61 Å². The van der Waals surface area contributed by atoms with Gasteiger partial charge in [0.2, 0.25) is 0 Å². The second kappa shape index (κ2) is 13.0. The predicted octanol–water partition coefficient (Wildman–Crippen LogP) is 1.96. The molecule has 3 N–H and O–H groups in total. The fourth-order valence-corrected chi connectivity index (χ4v) is 2.47. The molecule has 3 amide bonds. The lowest BCUT2D eigenvalue weighted by Gasteiger charge is -2.08. The lowest BCUT2D eigenvalue weighted by molar-refractivity contribution is -0.139. The van der Waals surface area contributed by atoms with Crippen LogP contribution >= 0.6 is 11.6 Å². The normalized spacial score (nSPS) is 10.5. The van der Waals surface area contributed by atoms with Gasteiger partial charge in [-0.05, 0) is 54.4 Å². The Hall–Kier alpha value is -3.43. The maximum absolute atomic E-state index is 11.9. The minimum absolute atomic E-state index is 0.171. The summed E-state index contributed by atoms with van der Waals surface area (Å²) in [5.74, 6) is -1.47. The molecule has 0 aliphatic carbocycles. The quantitative estimate of drug-likeness (QED) is 0.223. The van der Waals surface area contributed by atoms with Crippen molar-refractivity contribution in [1.82, 2.24) is 10.7 Å². The van der Waals surface area contributed by atoms with Gasteiger partial charge in [0, 0.05) is 31.0 Å². The van der Waals surface area contributed by atoms with E-state index in [0.717, 1.165) is 0 Å². The van der Waals surface area contributed by atoms with E-state index in [-0.39, 0.29) is 12.5 Å². The Balaban J connectivity index is 1.72. The number of carbonyl (C=O) groups is 3. The largest absolute Gasteiger partial charge is 0.484 e. The summed E-state index contributed by atoms with van der Waals surface area (Å²) in [6.45, 7) is 0.657. The smallest absolute Gasteiger partial charge is 0.329 e. The molecule has 0 atom stereocenters. The van der Waals surface area contributed by atoms with Crippen molar-refractivity contribution in [3.63, 3.8) is 0 Å². The van der Waals surface area contributed by atoms with E-state index < -0.39 is 11.8 Å². The van der Waals surface area contributed by atoms with Crippen LogP contribution in [0.4, 0.5) is 5.69 Å². The van der Waals surface area contributed by atoms with E-state index in [9.17, 15) is 14.4 Å². The van der Waals surface area contributed by atoms with Crippen molar-refractivity contribution in [2.24, 2.45) is 5.10 Å². The van der Waals surface area contributed by atoms with Crippen LogP contribution in [0.3, 0.4) is 0 Å². The van der Waals surface area contributed by atoms with Gasteiger partial charge in [0.25, 0.3) is 5.91 Å². The van der Waals surface area contributed by atoms with Gasteiger partial charge in [-0.3, -0.25) is 14.4 Å². The number of methoxy groups -OCH3 is 1. The van der Waals surface area contributed by atoms with E-state index in [1.165, 1.54) is 6.21 Å². The maximum atomic E-state index is 11.9. The third-order valence-electron chi connectivity index (χ3n) is 3.76. The lowest BCUT2D eigenvalue weighted by Crippen LogP contribution is -2.38. The Labute approximate surface area is 184 Å². The minimum Gasteiger partial charge on any atom is -0.484 e. The zero-order chi connectivity index (χ0) is 22.5. The van der Waals surface area contributed by atoms with Crippen LogP contribution in [0.25, 0.3) is 0 Å². The van der Waals surface area contributed by atoms with Crippen LogP contribution in [0.5, 0.6) is 5.75 Å². The molecular weight excluding hydrogens is 424 g/mol. The van der Waals surface area contributed by atoms with Crippen LogP contribution in [0.15, 0.2) is 53.6 Å². The third kappa shape index (κ3) is 9.28. The van der Waals surface area contributed by atoms with E-state index in [4.69, 9.17) is 21.1 Å². The zero-order valence-electron chi connectivity index (χ0n) is 16.9. The average molecular weight is 447 g/mol. The molecule has 0 aromatic heterocycles. The van der Waals surface area contributed by atoms with Crippen molar-refractivity contribution in [2.75, 3.05) is 32.2 Å². The maximum Gasteiger partial charge on any atom is 0.329 e. The van der Waals surface area contributed by atoms with Crippen LogP contribution < -0.4 is 20.8 Å². The van der Waals surface area contributed by atoms with E-state index in [2.05, 4.69) is 21.2 Å². The highest BCUT2D eigenvalue weighted by Crippen LogP contribution is 2.15. The summed E-state index contributed by atoms with van der Waals surface area (Å²) in [6, 6.07) is 13.5. The monoisotopic (exact) mass is 446 g/mol. The molecule has 0 aliphatic rings. The Morgan fingerprint density at radius 1 is 1.10 bits per heavy atom. The highest BCUT2D eigenvalue weighted by molar-refractivity contribution is 6.35. The summed E-state index contributed by atoms with van der Waals surface area (Å²) in [5.41, 5.74) is 3.39. The number of amides is 3. The molecule has 2 aromatic rings. The van der Waals surface area contributed by atoms with Crippen LogP contribution in [-0.2, 0) is 19.1 Å². The van der Waals surface area contributed by atoms with Crippen molar-refractivity contribution in [1.29, 1.82) is 0 Å². The Bertz CT molecular complexity index is 918. The first kappa shape index (κ1) is 23.8. The molecule has 0 unspecified atom stereocenters. The van der Waals surface area contributed by atoms with Crippen molar-refractivity contribution < 1.29 is 23.9 Å². The van der Waals surface area contributed by atoms with Gasteiger partial charge in [0.1, 0.15) is 5.75 Å². The molecule has 0 spiro atoms. The average Bonchev–Trinajstić information content (AvgIpc) is 2.76. The molecule has 0 saturated heterocycles. The molecule has 164 valence electrons. The summed E-state index contributed by atoms with van der Waals surface area (Å²) >= 11 is 5.88. The van der Waals surface area contributed by atoms with Crippen molar-refractivity contribution in [2.45, 2.75) is 6.42 Å². The minimum atomic E-state index is -0.862. The molecule has 0 heterocycles. The van der Waals surface area contributed by atoms with Crippen LogP contribution in [-0.4, -0.2) is 50.8 Å². The molecule has 2 aromatic carbocycles. The first-order chi connectivity index (χ1) is 15.0. The summed E-state index contributed by atoms with van der Waals surface area (Å²) in [5, 5.41) is 9.40. The molecule has 0 bridgehead atoms. The van der Waals surface area contributed by atoms with E-state index in [0.29, 0.717) is 41.6 Å². The van der Waals surface area contributed by atoms with E-state index >= 15 is 0 Å². The topological polar surface area (TPSA) is 118 Å². The number of nitrogens with one attached hydrogen (secondary N) is 3. The lowest BCUT2D eigenvalue weighted by atomic mass is 10.2. The van der Waals surface area contributed by atoms with Crippen LogP contribution in [0.1, 0.15) is 12.0 Å². The number of hydrazone groups is 1. The van der Waals surface area contributed by atoms with Crippen LogP contribution in [0.2, 0.25) is 5.02 Å². The van der Waals surface area contributed by atoms with Crippen LogP contribution in [0, 0.1) is 0 Å². The second-order valence-electron chi connectivity index (χ2n) is 6.22. The summed E-state index contributed by atoms with van der Waals surface area (Å²) in [4.78, 5) is 35.1. The molecule has 0 fully saturated rings. The number of anilines is 1. The van der Waals surface area contributed by atoms with Gasteiger partial charge in [-0.2, -0.15) is 5.10 Å². The SMILES string of the molecule is COCCCNC(=O)C(=O)N/N=C\c1ccc(OCC(=O)Nc2cccc(Cl)c2)cc1. The molecule has 10 heteroatoms. The number of carbonyl (C=O) groups excluding carboxylic acids is 3. The number of hydrogen-bond donors (Lipinski definition) is 3. The second-order valence-corrected chi connectivity index (χ2v) is 6.65. The Morgan fingerprint density at radius 3 is 2.58 bits per heavy atom.